The van der Waals surface area contributed by atoms with Crippen LogP contribution in [-0.4, -0.2) is 36.5 Å². The van der Waals surface area contributed by atoms with E-state index in [1.54, 1.807) is 0 Å². The van der Waals surface area contributed by atoms with Crippen molar-refractivity contribution < 1.29 is 14.3 Å². The number of amides is 3. The van der Waals surface area contributed by atoms with E-state index < -0.39 is 0 Å². The minimum atomic E-state index is -0.264. The van der Waals surface area contributed by atoms with Gasteiger partial charge >= 0.3 is 6.03 Å². The first-order valence-electron chi connectivity index (χ1n) is 9.76. The van der Waals surface area contributed by atoms with Gasteiger partial charge < -0.3 is 20.3 Å². The molecule has 1 heterocycles. The largest absolute Gasteiger partial charge is 0.489 e. The molecule has 3 amide bonds. The molecule has 148 valence electrons. The van der Waals surface area contributed by atoms with Gasteiger partial charge in [-0.2, -0.15) is 0 Å². The van der Waals surface area contributed by atoms with E-state index in [4.69, 9.17) is 4.74 Å². The van der Waals surface area contributed by atoms with Gasteiger partial charge in [0.2, 0.25) is 5.91 Å². The lowest BCUT2D eigenvalue weighted by Crippen LogP contribution is -2.38. The maximum Gasteiger partial charge on any atom is 0.315 e. The maximum atomic E-state index is 12.0. The summed E-state index contributed by atoms with van der Waals surface area (Å²) in [7, 11) is 0. The predicted molar refractivity (Wildman–Crippen MR) is 108 cm³/mol. The summed E-state index contributed by atoms with van der Waals surface area (Å²) < 4.78 is 5.75. The maximum absolute atomic E-state index is 12.0. The molecular formula is C22H27N3O3. The van der Waals surface area contributed by atoms with E-state index in [2.05, 4.69) is 10.6 Å². The molecule has 0 unspecified atom stereocenters. The predicted octanol–water partition coefficient (Wildman–Crippen LogP) is 3.08. The first kappa shape index (κ1) is 19.7. The Morgan fingerprint density at radius 3 is 2.46 bits per heavy atom. The molecule has 2 aromatic rings. The van der Waals surface area contributed by atoms with Gasteiger partial charge in [0, 0.05) is 32.6 Å². The molecule has 1 fully saturated rings. The van der Waals surface area contributed by atoms with Crippen LogP contribution in [0.5, 0.6) is 5.75 Å². The van der Waals surface area contributed by atoms with Crippen molar-refractivity contribution >= 4 is 11.9 Å². The van der Waals surface area contributed by atoms with Crippen molar-refractivity contribution in [3.05, 3.63) is 65.7 Å². The minimum Gasteiger partial charge on any atom is -0.489 e. The number of benzene rings is 2. The van der Waals surface area contributed by atoms with Crippen LogP contribution in [0.2, 0.25) is 0 Å². The topological polar surface area (TPSA) is 70.7 Å². The summed E-state index contributed by atoms with van der Waals surface area (Å²) in [5, 5.41) is 5.57. The fourth-order valence-corrected chi connectivity index (χ4v) is 3.17. The normalized spacial score (nSPS) is 13.2. The van der Waals surface area contributed by atoms with Crippen molar-refractivity contribution in [2.75, 3.05) is 19.6 Å². The molecule has 0 saturated carbocycles. The lowest BCUT2D eigenvalue weighted by molar-refractivity contribution is -0.129. The number of hydrogen-bond donors (Lipinski definition) is 2. The van der Waals surface area contributed by atoms with Gasteiger partial charge in [0.05, 0.1) is 0 Å². The number of nitrogens with zero attached hydrogens (tertiary/aromatic N) is 1. The molecule has 2 aromatic carbocycles. The summed E-state index contributed by atoms with van der Waals surface area (Å²) in [6.07, 6.45) is 2.50. The number of carbonyl (C=O) groups is 2. The summed E-state index contributed by atoms with van der Waals surface area (Å²) in [5.74, 6) is 0.942. The van der Waals surface area contributed by atoms with Crippen molar-refractivity contribution in [3.8, 4) is 5.75 Å². The van der Waals surface area contributed by atoms with Crippen LogP contribution in [-0.2, 0) is 17.9 Å². The summed E-state index contributed by atoms with van der Waals surface area (Å²) >= 11 is 0. The fraction of sp³-hybridized carbons (Fsp3) is 0.364. The van der Waals surface area contributed by atoms with Gasteiger partial charge in [-0.25, -0.2) is 4.79 Å². The zero-order chi connectivity index (χ0) is 19.6. The highest BCUT2D eigenvalue weighted by Crippen LogP contribution is 2.13. The Kier molecular flexibility index (Phi) is 7.29. The van der Waals surface area contributed by atoms with Gasteiger partial charge in [0.15, 0.2) is 0 Å². The van der Waals surface area contributed by atoms with Crippen LogP contribution >= 0.6 is 0 Å². The van der Waals surface area contributed by atoms with Gasteiger partial charge in [-0.1, -0.05) is 42.5 Å². The number of urea groups is 1. The third-order valence-corrected chi connectivity index (χ3v) is 4.68. The smallest absolute Gasteiger partial charge is 0.315 e. The van der Waals surface area contributed by atoms with E-state index in [1.807, 2.05) is 59.5 Å². The number of para-hydroxylation sites is 1. The molecule has 0 bridgehead atoms. The molecule has 0 aromatic heterocycles. The molecule has 1 saturated heterocycles. The average Bonchev–Trinajstić information content (AvgIpc) is 3.27. The molecule has 1 aliphatic heterocycles. The highest BCUT2D eigenvalue weighted by molar-refractivity contribution is 5.78. The quantitative estimate of drug-likeness (QED) is 0.738. The first-order valence-corrected chi connectivity index (χ1v) is 9.76. The van der Waals surface area contributed by atoms with Gasteiger partial charge in [0.1, 0.15) is 12.4 Å². The zero-order valence-corrected chi connectivity index (χ0v) is 16.0. The summed E-state index contributed by atoms with van der Waals surface area (Å²) in [5.41, 5.74) is 2.04. The number of ether oxygens (including phenoxy) is 1. The number of hydrogen-bond acceptors (Lipinski definition) is 3. The van der Waals surface area contributed by atoms with E-state index in [-0.39, 0.29) is 11.9 Å². The molecule has 0 atom stereocenters. The Morgan fingerprint density at radius 1 is 0.929 bits per heavy atom. The van der Waals surface area contributed by atoms with Gasteiger partial charge in [-0.15, -0.1) is 0 Å². The standard InChI is InChI=1S/C22H27N3O3/c26-21(25-13-4-5-14-25)11-12-23-22(27)24-16-18-7-6-8-19(15-18)17-28-20-9-2-1-3-10-20/h1-3,6-10,15H,4-5,11-14,16-17H2,(H2,23,24,27). The molecule has 0 spiro atoms. The zero-order valence-electron chi connectivity index (χ0n) is 16.0. The van der Waals surface area contributed by atoms with Crippen LogP contribution in [0.3, 0.4) is 0 Å². The van der Waals surface area contributed by atoms with E-state index in [9.17, 15) is 9.59 Å². The van der Waals surface area contributed by atoms with Gasteiger partial charge in [0.25, 0.3) is 0 Å². The molecule has 6 nitrogen and oxygen atoms in total. The lowest BCUT2D eigenvalue weighted by Gasteiger charge is -2.15. The Bertz CT molecular complexity index is 774. The number of nitrogens with one attached hydrogen (secondary N) is 2. The van der Waals surface area contributed by atoms with Gasteiger partial charge in [-0.3, -0.25) is 4.79 Å². The lowest BCUT2D eigenvalue weighted by atomic mass is 10.1. The number of carbonyl (C=O) groups excluding carboxylic acids is 2. The van der Waals surface area contributed by atoms with Crippen LogP contribution in [0.4, 0.5) is 4.79 Å². The molecule has 0 radical (unpaired) electrons. The van der Waals surface area contributed by atoms with Gasteiger partial charge in [-0.05, 0) is 36.1 Å². The average molecular weight is 381 g/mol. The third kappa shape index (κ3) is 6.30. The molecule has 0 aliphatic carbocycles. The first-order chi connectivity index (χ1) is 13.7. The molecule has 2 N–H and O–H groups in total. The van der Waals surface area contributed by atoms with E-state index >= 15 is 0 Å². The summed E-state index contributed by atoms with van der Waals surface area (Å²) in [4.78, 5) is 25.8. The highest BCUT2D eigenvalue weighted by atomic mass is 16.5. The van der Waals surface area contributed by atoms with Crippen LogP contribution in [0, 0.1) is 0 Å². The second-order valence-electron chi connectivity index (χ2n) is 6.87. The van der Waals surface area contributed by atoms with Crippen molar-refractivity contribution in [2.24, 2.45) is 0 Å². The van der Waals surface area contributed by atoms with E-state index in [0.29, 0.717) is 26.1 Å². The van der Waals surface area contributed by atoms with Crippen LogP contribution in [0.15, 0.2) is 54.6 Å². The van der Waals surface area contributed by atoms with Crippen LogP contribution < -0.4 is 15.4 Å². The summed E-state index contributed by atoms with van der Waals surface area (Å²) in [6, 6.07) is 17.3. The minimum absolute atomic E-state index is 0.115. The van der Waals surface area contributed by atoms with Crippen molar-refractivity contribution in [1.82, 2.24) is 15.5 Å². The highest BCUT2D eigenvalue weighted by Gasteiger charge is 2.17. The third-order valence-electron chi connectivity index (χ3n) is 4.68. The Balaban J connectivity index is 1.36. The second-order valence-corrected chi connectivity index (χ2v) is 6.87. The van der Waals surface area contributed by atoms with Crippen LogP contribution in [0.1, 0.15) is 30.4 Å². The molecule has 1 aliphatic rings. The van der Waals surface area contributed by atoms with Crippen molar-refractivity contribution in [3.63, 3.8) is 0 Å². The summed E-state index contributed by atoms with van der Waals surface area (Å²) in [6.45, 7) is 2.94. The van der Waals surface area contributed by atoms with E-state index in [1.165, 1.54) is 0 Å². The Labute approximate surface area is 165 Å². The van der Waals surface area contributed by atoms with E-state index in [0.717, 1.165) is 42.8 Å². The Hall–Kier alpha value is -3.02. The molecule has 6 heteroatoms. The van der Waals surface area contributed by atoms with Crippen molar-refractivity contribution in [1.29, 1.82) is 0 Å². The number of likely N-dealkylation sites (tertiary alicyclic amines) is 1. The molecular weight excluding hydrogens is 354 g/mol. The Morgan fingerprint density at radius 2 is 1.68 bits per heavy atom. The van der Waals surface area contributed by atoms with Crippen molar-refractivity contribution in [2.45, 2.75) is 32.4 Å². The fourth-order valence-electron chi connectivity index (χ4n) is 3.17. The SMILES string of the molecule is O=C(NCCC(=O)N1CCCC1)NCc1cccc(COc2ccccc2)c1. The monoisotopic (exact) mass is 381 g/mol. The van der Waals surface area contributed by atoms with Crippen LogP contribution in [0.25, 0.3) is 0 Å². The molecule has 3 rings (SSSR count). The number of rotatable bonds is 8. The molecule has 28 heavy (non-hydrogen) atoms. The second kappa shape index (κ2) is 10.3.